The average molecular weight is 354 g/mol. The van der Waals surface area contributed by atoms with Gasteiger partial charge in [-0.25, -0.2) is 0 Å². The van der Waals surface area contributed by atoms with E-state index in [1.165, 1.54) is 5.56 Å². The fraction of sp³-hybridized carbons (Fsp3) is 0.556. The maximum absolute atomic E-state index is 12.2. The summed E-state index contributed by atoms with van der Waals surface area (Å²) in [6.45, 7) is 3.76. The third kappa shape index (κ3) is 6.13. The van der Waals surface area contributed by atoms with E-state index in [-0.39, 0.29) is 36.8 Å². The SMILES string of the molecule is CNCC1CCCN1C(=O)CNC(=O)CCc1ccc(C)cc1.Cl. The number of carbonyl (C=O) groups is 2. The van der Waals surface area contributed by atoms with Gasteiger partial charge in [0.25, 0.3) is 0 Å². The molecule has 1 aromatic carbocycles. The van der Waals surface area contributed by atoms with Gasteiger partial charge in [-0.1, -0.05) is 29.8 Å². The number of hydrogen-bond acceptors (Lipinski definition) is 3. The van der Waals surface area contributed by atoms with Gasteiger partial charge in [-0.05, 0) is 38.8 Å². The zero-order valence-corrected chi connectivity index (χ0v) is 15.3. The van der Waals surface area contributed by atoms with E-state index < -0.39 is 0 Å². The van der Waals surface area contributed by atoms with Crippen molar-refractivity contribution in [2.45, 2.75) is 38.6 Å². The van der Waals surface area contributed by atoms with Crippen LogP contribution in [-0.2, 0) is 16.0 Å². The van der Waals surface area contributed by atoms with E-state index in [0.29, 0.717) is 12.8 Å². The molecule has 5 nitrogen and oxygen atoms in total. The molecule has 0 aliphatic carbocycles. The van der Waals surface area contributed by atoms with Gasteiger partial charge in [-0.3, -0.25) is 9.59 Å². The Labute approximate surface area is 150 Å². The Morgan fingerprint density at radius 2 is 1.96 bits per heavy atom. The van der Waals surface area contributed by atoms with E-state index in [1.54, 1.807) is 0 Å². The van der Waals surface area contributed by atoms with E-state index in [0.717, 1.165) is 31.5 Å². The van der Waals surface area contributed by atoms with Crippen LogP contribution in [0.3, 0.4) is 0 Å². The molecule has 2 amide bonds. The van der Waals surface area contributed by atoms with Crippen molar-refractivity contribution in [3.05, 3.63) is 35.4 Å². The molecule has 0 aromatic heterocycles. The number of hydrogen-bond donors (Lipinski definition) is 2. The Morgan fingerprint density at radius 3 is 2.62 bits per heavy atom. The lowest BCUT2D eigenvalue weighted by Crippen LogP contribution is -2.45. The number of likely N-dealkylation sites (N-methyl/N-ethyl adjacent to an activating group) is 1. The molecule has 1 aliphatic heterocycles. The first-order valence-electron chi connectivity index (χ1n) is 8.36. The first-order valence-corrected chi connectivity index (χ1v) is 8.36. The van der Waals surface area contributed by atoms with Crippen molar-refractivity contribution in [3.63, 3.8) is 0 Å². The summed E-state index contributed by atoms with van der Waals surface area (Å²) in [5, 5.41) is 5.87. The van der Waals surface area contributed by atoms with Crippen molar-refractivity contribution in [2.75, 3.05) is 26.7 Å². The molecule has 2 N–H and O–H groups in total. The Balaban J connectivity index is 0.00000288. The van der Waals surface area contributed by atoms with Crippen LogP contribution in [0.2, 0.25) is 0 Å². The summed E-state index contributed by atoms with van der Waals surface area (Å²) < 4.78 is 0. The summed E-state index contributed by atoms with van der Waals surface area (Å²) in [7, 11) is 1.90. The van der Waals surface area contributed by atoms with E-state index in [9.17, 15) is 9.59 Å². The number of nitrogens with one attached hydrogen (secondary N) is 2. The van der Waals surface area contributed by atoms with Crippen molar-refractivity contribution in [1.29, 1.82) is 0 Å². The van der Waals surface area contributed by atoms with Crippen LogP contribution in [-0.4, -0.2) is 49.4 Å². The predicted octanol–water partition coefficient (Wildman–Crippen LogP) is 1.68. The zero-order chi connectivity index (χ0) is 16.7. The summed E-state index contributed by atoms with van der Waals surface area (Å²) >= 11 is 0. The fourth-order valence-corrected chi connectivity index (χ4v) is 2.99. The van der Waals surface area contributed by atoms with E-state index in [2.05, 4.69) is 10.6 Å². The van der Waals surface area contributed by atoms with Gasteiger partial charge >= 0.3 is 0 Å². The number of rotatable bonds is 7. The molecule has 0 radical (unpaired) electrons. The summed E-state index contributed by atoms with van der Waals surface area (Å²) in [4.78, 5) is 26.0. The summed E-state index contributed by atoms with van der Waals surface area (Å²) in [6.07, 6.45) is 3.19. The number of halogens is 1. The van der Waals surface area contributed by atoms with Crippen LogP contribution in [0.5, 0.6) is 0 Å². The number of nitrogens with zero attached hydrogens (tertiary/aromatic N) is 1. The average Bonchev–Trinajstić information content (AvgIpc) is 3.01. The number of amides is 2. The van der Waals surface area contributed by atoms with Gasteiger partial charge in [0.15, 0.2) is 0 Å². The van der Waals surface area contributed by atoms with Crippen molar-refractivity contribution in [2.24, 2.45) is 0 Å². The molecule has 0 saturated carbocycles. The fourth-order valence-electron chi connectivity index (χ4n) is 2.99. The highest BCUT2D eigenvalue weighted by atomic mass is 35.5. The predicted molar refractivity (Wildman–Crippen MR) is 98.4 cm³/mol. The molecule has 1 atom stereocenters. The second kappa shape index (κ2) is 10.3. The third-order valence-electron chi connectivity index (χ3n) is 4.34. The van der Waals surface area contributed by atoms with Crippen molar-refractivity contribution >= 4 is 24.2 Å². The van der Waals surface area contributed by atoms with Gasteiger partial charge in [-0.15, -0.1) is 12.4 Å². The van der Waals surface area contributed by atoms with Crippen LogP contribution >= 0.6 is 12.4 Å². The Kier molecular flexibility index (Phi) is 8.79. The van der Waals surface area contributed by atoms with Crippen molar-refractivity contribution < 1.29 is 9.59 Å². The molecule has 1 aliphatic rings. The Hall–Kier alpha value is -1.59. The number of carbonyl (C=O) groups excluding carboxylic acids is 2. The minimum Gasteiger partial charge on any atom is -0.347 e. The van der Waals surface area contributed by atoms with Gasteiger partial charge in [0.1, 0.15) is 0 Å². The van der Waals surface area contributed by atoms with Crippen molar-refractivity contribution in [1.82, 2.24) is 15.5 Å². The Morgan fingerprint density at radius 1 is 1.25 bits per heavy atom. The highest BCUT2D eigenvalue weighted by Gasteiger charge is 2.27. The summed E-state index contributed by atoms with van der Waals surface area (Å²) in [6, 6.07) is 8.44. The molecule has 1 aromatic rings. The lowest BCUT2D eigenvalue weighted by Gasteiger charge is -2.24. The van der Waals surface area contributed by atoms with Crippen LogP contribution in [0.4, 0.5) is 0 Å². The van der Waals surface area contributed by atoms with Crippen LogP contribution in [0.15, 0.2) is 24.3 Å². The topological polar surface area (TPSA) is 61.4 Å². The standard InChI is InChI=1S/C18H27N3O2.ClH/c1-14-5-7-15(8-6-14)9-10-17(22)20-13-18(23)21-11-3-4-16(21)12-19-2;/h5-8,16,19H,3-4,9-13H2,1-2H3,(H,20,22);1H. The first-order chi connectivity index (χ1) is 11.1. The minimum absolute atomic E-state index is 0. The molecule has 24 heavy (non-hydrogen) atoms. The number of aryl methyl sites for hydroxylation is 2. The Bertz CT molecular complexity index is 534. The normalized spacial score (nSPS) is 16.6. The van der Waals surface area contributed by atoms with Gasteiger partial charge in [0.2, 0.25) is 11.8 Å². The lowest BCUT2D eigenvalue weighted by molar-refractivity contribution is -0.133. The molecule has 1 heterocycles. The number of benzene rings is 1. The van der Waals surface area contributed by atoms with Gasteiger partial charge < -0.3 is 15.5 Å². The van der Waals surface area contributed by atoms with Gasteiger partial charge in [0.05, 0.1) is 6.54 Å². The lowest BCUT2D eigenvalue weighted by atomic mass is 10.1. The van der Waals surface area contributed by atoms with Crippen LogP contribution < -0.4 is 10.6 Å². The monoisotopic (exact) mass is 353 g/mol. The van der Waals surface area contributed by atoms with Crippen LogP contribution in [0.1, 0.15) is 30.4 Å². The summed E-state index contributed by atoms with van der Waals surface area (Å²) in [5.74, 6) is -0.0466. The first kappa shape index (κ1) is 20.5. The molecule has 134 valence electrons. The quantitative estimate of drug-likeness (QED) is 0.784. The van der Waals surface area contributed by atoms with Gasteiger partial charge in [-0.2, -0.15) is 0 Å². The van der Waals surface area contributed by atoms with E-state index in [1.807, 2.05) is 43.1 Å². The second-order valence-corrected chi connectivity index (χ2v) is 6.20. The van der Waals surface area contributed by atoms with Crippen molar-refractivity contribution in [3.8, 4) is 0 Å². The van der Waals surface area contributed by atoms with E-state index >= 15 is 0 Å². The maximum atomic E-state index is 12.2. The van der Waals surface area contributed by atoms with E-state index in [4.69, 9.17) is 0 Å². The maximum Gasteiger partial charge on any atom is 0.242 e. The minimum atomic E-state index is -0.0664. The molecule has 1 saturated heterocycles. The molecule has 6 heteroatoms. The zero-order valence-electron chi connectivity index (χ0n) is 14.5. The van der Waals surface area contributed by atoms with Crippen LogP contribution in [0, 0.1) is 6.92 Å². The molecule has 0 spiro atoms. The molecule has 2 rings (SSSR count). The summed E-state index contributed by atoms with van der Waals surface area (Å²) in [5.41, 5.74) is 2.36. The van der Waals surface area contributed by atoms with Gasteiger partial charge in [0, 0.05) is 25.6 Å². The highest BCUT2D eigenvalue weighted by molar-refractivity contribution is 5.85. The smallest absolute Gasteiger partial charge is 0.242 e. The second-order valence-electron chi connectivity index (χ2n) is 6.20. The largest absolute Gasteiger partial charge is 0.347 e. The third-order valence-corrected chi connectivity index (χ3v) is 4.34. The molecule has 0 bridgehead atoms. The molecular weight excluding hydrogens is 326 g/mol. The molecular formula is C18H28ClN3O2. The molecule has 1 fully saturated rings. The van der Waals surface area contributed by atoms with Crippen LogP contribution in [0.25, 0.3) is 0 Å². The molecule has 1 unspecified atom stereocenters. The number of likely N-dealkylation sites (tertiary alicyclic amines) is 1. The highest BCUT2D eigenvalue weighted by Crippen LogP contribution is 2.16.